The van der Waals surface area contributed by atoms with Crippen LogP contribution in [0.3, 0.4) is 0 Å². The maximum Gasteiger partial charge on any atom is 0.0146 e. The molecular weight excluding hydrogens is 156 g/mol. The van der Waals surface area contributed by atoms with Crippen molar-refractivity contribution in [1.29, 1.82) is 0 Å². The molecule has 0 unspecified atom stereocenters. The van der Waals surface area contributed by atoms with E-state index < -0.39 is 0 Å². The lowest BCUT2D eigenvalue weighted by Gasteiger charge is -1.95. The minimum absolute atomic E-state index is 0.496. The van der Waals surface area contributed by atoms with Crippen molar-refractivity contribution in [3.05, 3.63) is 35.9 Å². The molecule has 13 heavy (non-hydrogen) atoms. The smallest absolute Gasteiger partial charge is 0.0146 e. The molecule has 0 aromatic heterocycles. The first-order chi connectivity index (χ1) is 6.29. The molecule has 1 aromatic rings. The van der Waals surface area contributed by atoms with Crippen LogP contribution in [0.5, 0.6) is 0 Å². The summed E-state index contributed by atoms with van der Waals surface area (Å²) in [5.41, 5.74) is 1.38. The van der Waals surface area contributed by atoms with Crippen molar-refractivity contribution in [2.24, 2.45) is 5.92 Å². The first-order valence-electron chi connectivity index (χ1n) is 4.81. The third-order valence-corrected chi connectivity index (χ3v) is 1.77. The number of aryl methyl sites for hydroxylation is 1. The Kier molecular flexibility index (Phi) is 4.12. The van der Waals surface area contributed by atoms with E-state index in [0.717, 1.165) is 12.8 Å². The lowest BCUT2D eigenvalue weighted by atomic mass is 10.1. The van der Waals surface area contributed by atoms with Crippen molar-refractivity contribution in [3.63, 3.8) is 0 Å². The first-order valence-corrected chi connectivity index (χ1v) is 4.81. The quantitative estimate of drug-likeness (QED) is 0.600. The first kappa shape index (κ1) is 9.86. The molecule has 0 N–H and O–H groups in total. The molecule has 68 valence electrons. The van der Waals surface area contributed by atoms with Crippen LogP contribution < -0.4 is 0 Å². The third-order valence-electron chi connectivity index (χ3n) is 1.77. The topological polar surface area (TPSA) is 0 Å². The number of benzene rings is 1. The van der Waals surface area contributed by atoms with Gasteiger partial charge in [-0.2, -0.15) is 0 Å². The molecule has 0 aliphatic carbocycles. The van der Waals surface area contributed by atoms with Crippen LogP contribution in [0.25, 0.3) is 0 Å². The molecule has 1 aromatic carbocycles. The van der Waals surface area contributed by atoms with E-state index in [1.165, 1.54) is 5.56 Å². The van der Waals surface area contributed by atoms with Gasteiger partial charge in [0, 0.05) is 12.3 Å². The van der Waals surface area contributed by atoms with Crippen molar-refractivity contribution in [3.8, 4) is 11.8 Å². The molecule has 0 heterocycles. The van der Waals surface area contributed by atoms with Gasteiger partial charge in [0.15, 0.2) is 0 Å². The van der Waals surface area contributed by atoms with E-state index in [4.69, 9.17) is 0 Å². The van der Waals surface area contributed by atoms with Crippen molar-refractivity contribution in [1.82, 2.24) is 0 Å². The summed E-state index contributed by atoms with van der Waals surface area (Å²) >= 11 is 0. The molecule has 0 fully saturated rings. The monoisotopic (exact) mass is 172 g/mol. The SMILES string of the molecule is CC(C)C#CCCc1ccccc1. The van der Waals surface area contributed by atoms with E-state index >= 15 is 0 Å². The van der Waals surface area contributed by atoms with Gasteiger partial charge in [-0.1, -0.05) is 44.2 Å². The van der Waals surface area contributed by atoms with E-state index in [-0.39, 0.29) is 0 Å². The van der Waals surface area contributed by atoms with Gasteiger partial charge in [-0.05, 0) is 12.0 Å². The zero-order valence-corrected chi connectivity index (χ0v) is 8.38. The summed E-state index contributed by atoms with van der Waals surface area (Å²) in [6.45, 7) is 4.24. The lowest BCUT2D eigenvalue weighted by molar-refractivity contribution is 0.862. The predicted molar refractivity (Wildman–Crippen MR) is 57.4 cm³/mol. The fourth-order valence-corrected chi connectivity index (χ4v) is 1.13. The van der Waals surface area contributed by atoms with Gasteiger partial charge in [0.25, 0.3) is 0 Å². The normalized spacial score (nSPS) is 9.46. The highest BCUT2D eigenvalue weighted by molar-refractivity contribution is 5.16. The van der Waals surface area contributed by atoms with E-state index in [1.54, 1.807) is 0 Å². The number of hydrogen-bond donors (Lipinski definition) is 0. The van der Waals surface area contributed by atoms with Crippen LogP contribution in [-0.4, -0.2) is 0 Å². The Morgan fingerprint density at radius 3 is 2.46 bits per heavy atom. The molecular formula is C13H16. The lowest BCUT2D eigenvalue weighted by Crippen LogP contribution is -1.83. The summed E-state index contributed by atoms with van der Waals surface area (Å²) < 4.78 is 0. The second-order valence-corrected chi connectivity index (χ2v) is 3.46. The van der Waals surface area contributed by atoms with Gasteiger partial charge in [0.2, 0.25) is 0 Å². The molecule has 0 amide bonds. The molecule has 0 saturated carbocycles. The van der Waals surface area contributed by atoms with Crippen LogP contribution in [0.4, 0.5) is 0 Å². The highest BCUT2D eigenvalue weighted by Gasteiger charge is 1.88. The molecule has 0 heteroatoms. The zero-order chi connectivity index (χ0) is 9.52. The van der Waals surface area contributed by atoms with Crippen LogP contribution in [0.2, 0.25) is 0 Å². The van der Waals surface area contributed by atoms with Gasteiger partial charge in [-0.3, -0.25) is 0 Å². The highest BCUT2D eigenvalue weighted by Crippen LogP contribution is 2.01. The van der Waals surface area contributed by atoms with Crippen LogP contribution in [0.1, 0.15) is 25.8 Å². The average Bonchev–Trinajstić information content (AvgIpc) is 2.14. The molecule has 0 spiro atoms. The molecule has 0 radical (unpaired) electrons. The Morgan fingerprint density at radius 1 is 1.15 bits per heavy atom. The summed E-state index contributed by atoms with van der Waals surface area (Å²) in [6, 6.07) is 10.5. The van der Waals surface area contributed by atoms with Gasteiger partial charge in [0.1, 0.15) is 0 Å². The van der Waals surface area contributed by atoms with Crippen LogP contribution in [-0.2, 0) is 6.42 Å². The van der Waals surface area contributed by atoms with Gasteiger partial charge in [-0.25, -0.2) is 0 Å². The molecule has 0 atom stereocenters. The third kappa shape index (κ3) is 4.38. The summed E-state index contributed by atoms with van der Waals surface area (Å²) in [6.07, 6.45) is 2.04. The summed E-state index contributed by atoms with van der Waals surface area (Å²) in [5, 5.41) is 0. The van der Waals surface area contributed by atoms with Gasteiger partial charge in [0.05, 0.1) is 0 Å². The van der Waals surface area contributed by atoms with Gasteiger partial charge >= 0.3 is 0 Å². The maximum absolute atomic E-state index is 3.18. The molecule has 1 rings (SSSR count). The van der Waals surface area contributed by atoms with Gasteiger partial charge in [-0.15, -0.1) is 11.8 Å². The Bertz CT molecular complexity index is 285. The van der Waals surface area contributed by atoms with Crippen LogP contribution >= 0.6 is 0 Å². The minimum atomic E-state index is 0.496. The van der Waals surface area contributed by atoms with Crippen LogP contribution in [0.15, 0.2) is 30.3 Å². The second-order valence-electron chi connectivity index (χ2n) is 3.46. The Morgan fingerprint density at radius 2 is 1.85 bits per heavy atom. The molecule has 0 bridgehead atoms. The Balaban J connectivity index is 2.33. The molecule has 0 aliphatic rings. The fraction of sp³-hybridized carbons (Fsp3) is 0.385. The highest BCUT2D eigenvalue weighted by atomic mass is 13.9. The van der Waals surface area contributed by atoms with Crippen molar-refractivity contribution >= 4 is 0 Å². The number of rotatable bonds is 2. The van der Waals surface area contributed by atoms with Crippen molar-refractivity contribution in [2.75, 3.05) is 0 Å². The Labute approximate surface area is 81.0 Å². The van der Waals surface area contributed by atoms with E-state index in [2.05, 4.69) is 50.0 Å². The summed E-state index contributed by atoms with van der Waals surface area (Å²) in [4.78, 5) is 0. The molecule has 0 saturated heterocycles. The zero-order valence-electron chi connectivity index (χ0n) is 8.38. The Hall–Kier alpha value is -1.22. The average molecular weight is 172 g/mol. The fourth-order valence-electron chi connectivity index (χ4n) is 1.13. The standard InChI is InChI=1S/C13H16/c1-12(2)8-6-7-11-13-9-4-3-5-10-13/h3-5,9-10,12H,7,11H2,1-2H3. The van der Waals surface area contributed by atoms with Crippen molar-refractivity contribution < 1.29 is 0 Å². The minimum Gasteiger partial charge on any atom is -0.103 e. The van der Waals surface area contributed by atoms with E-state index in [0.29, 0.717) is 5.92 Å². The van der Waals surface area contributed by atoms with Crippen molar-refractivity contribution in [2.45, 2.75) is 26.7 Å². The van der Waals surface area contributed by atoms with E-state index in [9.17, 15) is 0 Å². The predicted octanol–water partition coefficient (Wildman–Crippen LogP) is 3.28. The molecule has 0 nitrogen and oxygen atoms in total. The summed E-state index contributed by atoms with van der Waals surface area (Å²) in [5.74, 6) is 6.85. The molecule has 0 aliphatic heterocycles. The van der Waals surface area contributed by atoms with E-state index in [1.807, 2.05) is 6.07 Å². The number of hydrogen-bond acceptors (Lipinski definition) is 0. The van der Waals surface area contributed by atoms with Crippen LogP contribution in [0, 0.1) is 17.8 Å². The second kappa shape index (κ2) is 5.43. The largest absolute Gasteiger partial charge is 0.103 e. The van der Waals surface area contributed by atoms with Gasteiger partial charge < -0.3 is 0 Å². The maximum atomic E-state index is 3.18. The summed E-state index contributed by atoms with van der Waals surface area (Å²) in [7, 11) is 0.